The van der Waals surface area contributed by atoms with Gasteiger partial charge in [0.05, 0.1) is 9.83 Å². The van der Waals surface area contributed by atoms with E-state index in [0.717, 1.165) is 21.6 Å². The highest BCUT2D eigenvalue weighted by Crippen LogP contribution is 2.33. The van der Waals surface area contributed by atoms with Crippen LogP contribution in [0.5, 0.6) is 0 Å². The molecule has 1 aliphatic heterocycles. The van der Waals surface area contributed by atoms with Gasteiger partial charge < -0.3 is 4.90 Å². The molecule has 0 spiro atoms. The predicted octanol–water partition coefficient (Wildman–Crippen LogP) is 4.73. The second-order valence-electron chi connectivity index (χ2n) is 4.73. The van der Waals surface area contributed by atoms with Gasteiger partial charge in [0.25, 0.3) is 0 Å². The van der Waals surface area contributed by atoms with Crippen LogP contribution in [0, 0.1) is 0 Å². The lowest BCUT2D eigenvalue weighted by molar-refractivity contribution is -0.128. The van der Waals surface area contributed by atoms with Crippen molar-refractivity contribution in [3.8, 4) is 0 Å². The van der Waals surface area contributed by atoms with Crippen LogP contribution in [0.25, 0.3) is 6.08 Å². The minimum absolute atomic E-state index is 0.0962. The number of carbonyl (C=O) groups is 1. The molecule has 0 radical (unpaired) electrons. The van der Waals surface area contributed by atoms with Gasteiger partial charge >= 0.3 is 0 Å². The highest BCUT2D eigenvalue weighted by molar-refractivity contribution is 9.11. The van der Waals surface area contributed by atoms with E-state index < -0.39 is 0 Å². The van der Waals surface area contributed by atoms with Gasteiger partial charge in [0, 0.05) is 22.4 Å². The molecule has 20 heavy (non-hydrogen) atoms. The minimum Gasteiger partial charge on any atom is -0.332 e. The van der Waals surface area contributed by atoms with E-state index in [0.29, 0.717) is 0 Å². The van der Waals surface area contributed by atoms with Crippen LogP contribution in [-0.4, -0.2) is 17.4 Å². The first-order valence-corrected chi connectivity index (χ1v) is 8.94. The summed E-state index contributed by atoms with van der Waals surface area (Å²) >= 11 is 6.85. The average molecular weight is 368 g/mol. The molecule has 0 fully saturated rings. The Morgan fingerprint density at radius 1 is 1.45 bits per heavy atom. The van der Waals surface area contributed by atoms with E-state index in [2.05, 4.69) is 34.3 Å². The molecular weight excluding hydrogens is 354 g/mol. The van der Waals surface area contributed by atoms with E-state index in [-0.39, 0.29) is 11.9 Å². The molecule has 3 rings (SSSR count). The van der Waals surface area contributed by atoms with E-state index in [4.69, 9.17) is 0 Å². The molecule has 2 aromatic rings. The summed E-state index contributed by atoms with van der Waals surface area (Å²) in [5.41, 5.74) is 1.31. The van der Waals surface area contributed by atoms with Gasteiger partial charge in [-0.1, -0.05) is 0 Å². The van der Waals surface area contributed by atoms with Gasteiger partial charge in [-0.3, -0.25) is 4.79 Å². The van der Waals surface area contributed by atoms with Crippen molar-refractivity contribution in [1.82, 2.24) is 4.90 Å². The largest absolute Gasteiger partial charge is 0.332 e. The van der Waals surface area contributed by atoms with E-state index in [1.165, 1.54) is 10.4 Å². The van der Waals surface area contributed by atoms with Crippen molar-refractivity contribution in [3.63, 3.8) is 0 Å². The molecule has 2 aromatic heterocycles. The molecule has 1 aliphatic rings. The SMILES string of the molecule is C[C@@H]1c2ccsc2CCN1C(=O)/C=C/c1ccc(Br)s1. The second kappa shape index (κ2) is 5.84. The Hall–Kier alpha value is -0.910. The number of hydrogen-bond acceptors (Lipinski definition) is 3. The molecule has 0 unspecified atom stereocenters. The molecule has 0 saturated heterocycles. The van der Waals surface area contributed by atoms with Gasteiger partial charge in [0.1, 0.15) is 0 Å². The number of thiophene rings is 2. The minimum atomic E-state index is 0.0962. The molecule has 2 nitrogen and oxygen atoms in total. The van der Waals surface area contributed by atoms with Crippen LogP contribution in [0.2, 0.25) is 0 Å². The predicted molar refractivity (Wildman–Crippen MR) is 89.2 cm³/mol. The molecular formula is C15H14BrNOS2. The van der Waals surface area contributed by atoms with Crippen LogP contribution < -0.4 is 0 Å². The fourth-order valence-electron chi connectivity index (χ4n) is 2.48. The van der Waals surface area contributed by atoms with Crippen LogP contribution in [0.4, 0.5) is 0 Å². The van der Waals surface area contributed by atoms with Crippen LogP contribution in [-0.2, 0) is 11.2 Å². The monoisotopic (exact) mass is 367 g/mol. The number of rotatable bonds is 2. The summed E-state index contributed by atoms with van der Waals surface area (Å²) in [6, 6.07) is 6.33. The fourth-order valence-corrected chi connectivity index (χ4v) is 4.77. The Kier molecular flexibility index (Phi) is 4.10. The maximum atomic E-state index is 12.4. The molecule has 1 amide bonds. The van der Waals surface area contributed by atoms with Gasteiger partial charge in [-0.05, 0) is 64.5 Å². The third kappa shape index (κ3) is 2.75. The van der Waals surface area contributed by atoms with Crippen molar-refractivity contribution >= 4 is 50.6 Å². The quantitative estimate of drug-likeness (QED) is 0.702. The van der Waals surface area contributed by atoms with Crippen LogP contribution in [0.3, 0.4) is 0 Å². The second-order valence-corrected chi connectivity index (χ2v) is 8.23. The first-order valence-electron chi connectivity index (χ1n) is 6.45. The normalized spacial score (nSPS) is 18.5. The summed E-state index contributed by atoms with van der Waals surface area (Å²) in [6.07, 6.45) is 4.56. The molecule has 0 bridgehead atoms. The van der Waals surface area contributed by atoms with Gasteiger partial charge in [-0.15, -0.1) is 22.7 Å². The molecule has 5 heteroatoms. The molecule has 1 atom stereocenters. The van der Waals surface area contributed by atoms with Gasteiger partial charge in [0.15, 0.2) is 0 Å². The molecule has 3 heterocycles. The summed E-state index contributed by atoms with van der Waals surface area (Å²) < 4.78 is 1.08. The highest BCUT2D eigenvalue weighted by atomic mass is 79.9. The van der Waals surface area contributed by atoms with Crippen molar-refractivity contribution < 1.29 is 4.79 Å². The summed E-state index contributed by atoms with van der Waals surface area (Å²) in [6.45, 7) is 2.92. The first kappa shape index (κ1) is 14.0. The number of fused-ring (bicyclic) bond motifs is 1. The number of hydrogen-bond donors (Lipinski definition) is 0. The third-order valence-corrected chi connectivity index (χ3v) is 6.13. The van der Waals surface area contributed by atoms with Crippen LogP contribution in [0.15, 0.2) is 33.4 Å². The van der Waals surface area contributed by atoms with Crippen LogP contribution >= 0.6 is 38.6 Å². The van der Waals surface area contributed by atoms with Crippen LogP contribution in [0.1, 0.15) is 28.3 Å². The standard InChI is InChI=1S/C15H14BrNOS2/c1-10-12-7-9-19-13(12)6-8-17(10)15(18)5-3-11-2-4-14(16)20-11/h2-5,7,9-10H,6,8H2,1H3/b5-3+/t10-/m1/s1. The summed E-state index contributed by atoms with van der Waals surface area (Å²) in [7, 11) is 0. The average Bonchev–Trinajstić information content (AvgIpc) is 3.05. The van der Waals surface area contributed by atoms with Crippen molar-refractivity contribution in [2.75, 3.05) is 6.54 Å². The maximum Gasteiger partial charge on any atom is 0.247 e. The maximum absolute atomic E-state index is 12.4. The Balaban J connectivity index is 1.74. The molecule has 0 N–H and O–H groups in total. The van der Waals surface area contributed by atoms with Crippen molar-refractivity contribution in [1.29, 1.82) is 0 Å². The number of carbonyl (C=O) groups excluding carboxylic acids is 1. The Bertz CT molecular complexity index is 658. The van der Waals surface area contributed by atoms with E-state index in [1.54, 1.807) is 28.7 Å². The van der Waals surface area contributed by atoms with Gasteiger partial charge in [-0.2, -0.15) is 0 Å². The molecule has 0 aromatic carbocycles. The lowest BCUT2D eigenvalue weighted by atomic mass is 10.0. The van der Waals surface area contributed by atoms with Crippen molar-refractivity contribution in [3.05, 3.63) is 48.8 Å². The molecule has 104 valence electrons. The fraction of sp³-hybridized carbons (Fsp3) is 0.267. The highest BCUT2D eigenvalue weighted by Gasteiger charge is 2.26. The summed E-state index contributed by atoms with van der Waals surface area (Å²) in [4.78, 5) is 16.8. The Labute approximate surface area is 134 Å². The zero-order valence-corrected chi connectivity index (χ0v) is 14.2. The van der Waals surface area contributed by atoms with Crippen molar-refractivity contribution in [2.45, 2.75) is 19.4 Å². The topological polar surface area (TPSA) is 20.3 Å². The van der Waals surface area contributed by atoms with Crippen molar-refractivity contribution in [2.24, 2.45) is 0 Å². The Morgan fingerprint density at radius 2 is 2.30 bits per heavy atom. The van der Waals surface area contributed by atoms with E-state index in [1.807, 2.05) is 23.1 Å². The van der Waals surface area contributed by atoms with E-state index >= 15 is 0 Å². The summed E-state index contributed by atoms with van der Waals surface area (Å²) in [5, 5.41) is 2.12. The number of nitrogens with zero attached hydrogens (tertiary/aromatic N) is 1. The smallest absolute Gasteiger partial charge is 0.247 e. The summed E-state index contributed by atoms with van der Waals surface area (Å²) in [5.74, 6) is 0.0962. The van der Waals surface area contributed by atoms with Gasteiger partial charge in [-0.25, -0.2) is 0 Å². The van der Waals surface area contributed by atoms with Gasteiger partial charge in [0.2, 0.25) is 5.91 Å². The lowest BCUT2D eigenvalue weighted by Gasteiger charge is -2.32. The number of amides is 1. The molecule has 0 saturated carbocycles. The number of halogens is 1. The zero-order chi connectivity index (χ0) is 14.1. The zero-order valence-electron chi connectivity index (χ0n) is 11.0. The lowest BCUT2D eigenvalue weighted by Crippen LogP contribution is -2.37. The van der Waals surface area contributed by atoms with E-state index in [9.17, 15) is 4.79 Å². The third-order valence-electron chi connectivity index (χ3n) is 3.54. The Morgan fingerprint density at radius 3 is 3.05 bits per heavy atom. The molecule has 0 aliphatic carbocycles. The first-order chi connectivity index (χ1) is 9.65.